The average Bonchev–Trinajstić information content (AvgIpc) is 2.72. The second-order valence-electron chi connectivity index (χ2n) is 6.60. The van der Waals surface area contributed by atoms with Crippen LogP contribution in [0, 0.1) is 0 Å². The third-order valence-electron chi connectivity index (χ3n) is 4.91. The number of fused-ring (bicyclic) bond motifs is 1. The number of rotatable bonds is 2. The van der Waals surface area contributed by atoms with Crippen LogP contribution in [0.3, 0.4) is 0 Å². The Morgan fingerprint density at radius 1 is 0.893 bits per heavy atom. The van der Waals surface area contributed by atoms with Gasteiger partial charge in [-0.15, -0.1) is 4.40 Å². The Bertz CT molecular complexity index is 1120. The topological polar surface area (TPSA) is 90.4 Å². The van der Waals surface area contributed by atoms with Crippen LogP contribution in [0.25, 0.3) is 0 Å². The van der Waals surface area contributed by atoms with Crippen molar-refractivity contribution in [3.05, 3.63) is 54.6 Å². The molecule has 2 aliphatic rings. The van der Waals surface area contributed by atoms with E-state index >= 15 is 0 Å². The molecule has 0 N–H and O–H groups in total. The predicted molar refractivity (Wildman–Crippen MR) is 106 cm³/mol. The van der Waals surface area contributed by atoms with E-state index < -0.39 is 20.0 Å². The van der Waals surface area contributed by atoms with Crippen LogP contribution in [0.4, 0.5) is 5.69 Å². The van der Waals surface area contributed by atoms with Crippen molar-refractivity contribution in [2.24, 2.45) is 4.40 Å². The third kappa shape index (κ3) is 3.17. The first-order chi connectivity index (χ1) is 13.3. The lowest BCUT2D eigenvalue weighted by Crippen LogP contribution is -2.55. The molecular formula is C18H20N4O4S2. The van der Waals surface area contributed by atoms with Gasteiger partial charge in [-0.1, -0.05) is 30.3 Å². The van der Waals surface area contributed by atoms with Crippen LogP contribution >= 0.6 is 0 Å². The van der Waals surface area contributed by atoms with Gasteiger partial charge in [-0.3, -0.25) is 0 Å². The molecule has 0 bridgehead atoms. The van der Waals surface area contributed by atoms with E-state index in [4.69, 9.17) is 0 Å². The van der Waals surface area contributed by atoms with E-state index in [2.05, 4.69) is 4.40 Å². The monoisotopic (exact) mass is 420 g/mol. The van der Waals surface area contributed by atoms with Gasteiger partial charge in [0.2, 0.25) is 16.0 Å². The van der Waals surface area contributed by atoms with Gasteiger partial charge in [0.25, 0.3) is 10.0 Å². The summed E-state index contributed by atoms with van der Waals surface area (Å²) in [6, 6.07) is 15.0. The van der Waals surface area contributed by atoms with Crippen LogP contribution < -0.4 is 4.90 Å². The molecule has 2 aromatic carbocycles. The summed E-state index contributed by atoms with van der Waals surface area (Å²) in [5, 5.41) is 0. The largest absolute Gasteiger partial charge is 0.339 e. The maximum Gasteiger partial charge on any atom is 0.287 e. The maximum atomic E-state index is 12.8. The fraction of sp³-hybridized carbons (Fsp3) is 0.278. The molecule has 0 aromatic heterocycles. The maximum absolute atomic E-state index is 12.8. The van der Waals surface area contributed by atoms with E-state index in [1.54, 1.807) is 60.5 Å². The minimum absolute atomic E-state index is 0.173. The van der Waals surface area contributed by atoms with Crippen molar-refractivity contribution in [3.8, 4) is 0 Å². The molecule has 0 saturated carbocycles. The SMILES string of the molecule is CN1C(N2CCN(S(=O)(=O)c3ccccc3)CC2)=NS(=O)(=O)c2ccccc21. The number of hydrogen-bond donors (Lipinski definition) is 0. The smallest absolute Gasteiger partial charge is 0.287 e. The Morgan fingerprint density at radius 3 is 2.18 bits per heavy atom. The molecule has 28 heavy (non-hydrogen) atoms. The minimum Gasteiger partial charge on any atom is -0.339 e. The molecule has 2 heterocycles. The van der Waals surface area contributed by atoms with Crippen LogP contribution in [0.15, 0.2) is 68.8 Å². The van der Waals surface area contributed by atoms with Crippen LogP contribution in [0.1, 0.15) is 0 Å². The molecule has 2 aliphatic heterocycles. The molecule has 1 saturated heterocycles. The number of para-hydroxylation sites is 1. The highest BCUT2D eigenvalue weighted by Crippen LogP contribution is 2.31. The van der Waals surface area contributed by atoms with Gasteiger partial charge in [-0.25, -0.2) is 8.42 Å². The molecule has 0 amide bonds. The second-order valence-corrected chi connectivity index (χ2v) is 10.1. The molecule has 0 spiro atoms. The Kier molecular flexibility index (Phi) is 4.64. The summed E-state index contributed by atoms with van der Waals surface area (Å²) in [5.41, 5.74) is 0.562. The minimum atomic E-state index is -3.79. The number of guanidine groups is 1. The van der Waals surface area contributed by atoms with Gasteiger partial charge in [-0.05, 0) is 24.3 Å². The van der Waals surface area contributed by atoms with Crippen molar-refractivity contribution in [2.75, 3.05) is 38.1 Å². The number of hydrogen-bond acceptors (Lipinski definition) is 6. The Balaban J connectivity index is 1.56. The van der Waals surface area contributed by atoms with Gasteiger partial charge in [0.05, 0.1) is 10.6 Å². The van der Waals surface area contributed by atoms with Crippen molar-refractivity contribution in [1.29, 1.82) is 0 Å². The summed E-state index contributed by atoms with van der Waals surface area (Å²) >= 11 is 0. The van der Waals surface area contributed by atoms with Gasteiger partial charge in [0.15, 0.2) is 0 Å². The third-order valence-corrected chi connectivity index (χ3v) is 8.13. The predicted octanol–water partition coefficient (Wildman–Crippen LogP) is 1.19. The van der Waals surface area contributed by atoms with Crippen LogP contribution in [-0.4, -0.2) is 65.2 Å². The van der Waals surface area contributed by atoms with Gasteiger partial charge in [-0.2, -0.15) is 12.7 Å². The summed E-state index contributed by atoms with van der Waals surface area (Å²) in [6.07, 6.45) is 0. The highest BCUT2D eigenvalue weighted by Gasteiger charge is 2.35. The lowest BCUT2D eigenvalue weighted by atomic mass is 10.3. The lowest BCUT2D eigenvalue weighted by molar-refractivity contribution is 0.263. The summed E-state index contributed by atoms with van der Waals surface area (Å²) in [5.74, 6) is 0.315. The van der Waals surface area contributed by atoms with E-state index in [-0.39, 0.29) is 22.9 Å². The van der Waals surface area contributed by atoms with Crippen molar-refractivity contribution in [3.63, 3.8) is 0 Å². The zero-order chi connectivity index (χ0) is 19.9. The molecular weight excluding hydrogens is 400 g/mol. The molecule has 0 aliphatic carbocycles. The highest BCUT2D eigenvalue weighted by molar-refractivity contribution is 7.90. The fourth-order valence-electron chi connectivity index (χ4n) is 3.42. The van der Waals surface area contributed by atoms with Crippen LogP contribution in [-0.2, 0) is 20.0 Å². The van der Waals surface area contributed by atoms with Gasteiger partial charge < -0.3 is 9.80 Å². The molecule has 1 fully saturated rings. The first-order valence-electron chi connectivity index (χ1n) is 8.78. The van der Waals surface area contributed by atoms with E-state index in [0.29, 0.717) is 24.7 Å². The number of benzene rings is 2. The lowest BCUT2D eigenvalue weighted by Gasteiger charge is -2.39. The van der Waals surface area contributed by atoms with E-state index in [1.165, 1.54) is 10.4 Å². The van der Waals surface area contributed by atoms with Crippen molar-refractivity contribution in [2.45, 2.75) is 9.79 Å². The molecule has 10 heteroatoms. The van der Waals surface area contributed by atoms with Crippen LogP contribution in [0.5, 0.6) is 0 Å². The Hall–Kier alpha value is -2.43. The number of nitrogens with zero attached hydrogens (tertiary/aromatic N) is 4. The first-order valence-corrected chi connectivity index (χ1v) is 11.7. The second kappa shape index (κ2) is 6.87. The van der Waals surface area contributed by atoms with Gasteiger partial charge in [0, 0.05) is 33.2 Å². The molecule has 4 rings (SSSR count). The van der Waals surface area contributed by atoms with Crippen molar-refractivity contribution < 1.29 is 16.8 Å². The van der Waals surface area contributed by atoms with Gasteiger partial charge >= 0.3 is 0 Å². The summed E-state index contributed by atoms with van der Waals surface area (Å²) in [7, 11) is -5.59. The zero-order valence-electron chi connectivity index (χ0n) is 15.3. The van der Waals surface area contributed by atoms with Gasteiger partial charge in [0.1, 0.15) is 4.90 Å². The van der Waals surface area contributed by atoms with Crippen molar-refractivity contribution in [1.82, 2.24) is 9.21 Å². The van der Waals surface area contributed by atoms with Crippen LogP contribution in [0.2, 0.25) is 0 Å². The van der Waals surface area contributed by atoms with E-state index in [9.17, 15) is 16.8 Å². The molecule has 148 valence electrons. The average molecular weight is 421 g/mol. The van der Waals surface area contributed by atoms with E-state index in [1.807, 2.05) is 4.90 Å². The molecule has 0 atom stereocenters. The zero-order valence-corrected chi connectivity index (χ0v) is 16.9. The quantitative estimate of drug-likeness (QED) is 0.725. The number of sulfonamides is 2. The molecule has 0 radical (unpaired) electrons. The highest BCUT2D eigenvalue weighted by atomic mass is 32.2. The fourth-order valence-corrected chi connectivity index (χ4v) is 6.13. The summed E-state index contributed by atoms with van der Waals surface area (Å²) in [4.78, 5) is 3.97. The molecule has 0 unspecified atom stereocenters. The standard InChI is InChI=1S/C18H20N4O4S2/c1-20-16-9-5-6-10-17(16)27(23,24)19-18(20)21-11-13-22(14-12-21)28(25,26)15-7-3-2-4-8-15/h2-10H,11-14H2,1H3. The van der Waals surface area contributed by atoms with Crippen molar-refractivity contribution >= 4 is 31.7 Å². The number of piperazine rings is 1. The Morgan fingerprint density at radius 2 is 1.50 bits per heavy atom. The van der Waals surface area contributed by atoms with E-state index in [0.717, 1.165) is 0 Å². The normalized spacial score (nSPS) is 19.8. The molecule has 8 nitrogen and oxygen atoms in total. The molecule has 2 aromatic rings. The summed E-state index contributed by atoms with van der Waals surface area (Å²) in [6.45, 7) is 1.22. The number of anilines is 1. The first kappa shape index (κ1) is 18.9. The summed E-state index contributed by atoms with van der Waals surface area (Å²) < 4.78 is 56.0. The Labute approximate surface area is 164 Å².